The molecule has 0 saturated heterocycles. The van der Waals surface area contributed by atoms with E-state index in [-0.39, 0.29) is 12.2 Å². The van der Waals surface area contributed by atoms with Gasteiger partial charge >= 0.3 is 0 Å². The van der Waals surface area contributed by atoms with E-state index in [1.54, 1.807) is 0 Å². The first-order valence-electron chi connectivity index (χ1n) is 7.41. The fourth-order valence-electron chi connectivity index (χ4n) is 2.23. The Morgan fingerprint density at radius 3 is 3.00 bits per heavy atom. The SMILES string of the molecule is C=CCc1ccccc1OCc1cc(=O)n2nc(CC)sc2n1. The van der Waals surface area contributed by atoms with E-state index in [9.17, 15) is 4.79 Å². The van der Waals surface area contributed by atoms with E-state index in [4.69, 9.17) is 4.74 Å². The Morgan fingerprint density at radius 1 is 1.39 bits per heavy atom. The topological polar surface area (TPSA) is 56.5 Å². The van der Waals surface area contributed by atoms with Crippen molar-refractivity contribution in [3.63, 3.8) is 0 Å². The number of aromatic nitrogens is 3. The molecule has 0 spiro atoms. The van der Waals surface area contributed by atoms with E-state index in [1.165, 1.54) is 21.9 Å². The van der Waals surface area contributed by atoms with Crippen molar-refractivity contribution in [3.8, 4) is 5.75 Å². The minimum Gasteiger partial charge on any atom is -0.487 e. The van der Waals surface area contributed by atoms with Gasteiger partial charge in [-0.15, -0.1) is 6.58 Å². The van der Waals surface area contributed by atoms with Crippen molar-refractivity contribution in [1.29, 1.82) is 0 Å². The molecule has 0 aliphatic heterocycles. The molecular formula is C17H17N3O2S. The quantitative estimate of drug-likeness (QED) is 0.653. The summed E-state index contributed by atoms with van der Waals surface area (Å²) in [6.07, 6.45) is 3.36. The molecule has 118 valence electrons. The largest absolute Gasteiger partial charge is 0.487 e. The third-order valence-corrected chi connectivity index (χ3v) is 4.41. The number of rotatable bonds is 6. The van der Waals surface area contributed by atoms with Crippen LogP contribution in [-0.2, 0) is 19.4 Å². The molecule has 1 aromatic carbocycles. The number of hydrogen-bond donors (Lipinski definition) is 0. The summed E-state index contributed by atoms with van der Waals surface area (Å²) in [5.41, 5.74) is 1.49. The van der Waals surface area contributed by atoms with E-state index in [1.807, 2.05) is 37.3 Å². The summed E-state index contributed by atoms with van der Waals surface area (Å²) in [6, 6.07) is 9.27. The zero-order valence-corrected chi connectivity index (χ0v) is 13.7. The number of allylic oxidation sites excluding steroid dienone is 1. The van der Waals surface area contributed by atoms with Crippen molar-refractivity contribution in [2.24, 2.45) is 0 Å². The Balaban J connectivity index is 1.85. The predicted molar refractivity (Wildman–Crippen MR) is 91.2 cm³/mol. The van der Waals surface area contributed by atoms with Crippen molar-refractivity contribution >= 4 is 16.3 Å². The lowest BCUT2D eigenvalue weighted by atomic mass is 10.1. The zero-order chi connectivity index (χ0) is 16.2. The normalized spacial score (nSPS) is 10.8. The van der Waals surface area contributed by atoms with E-state index in [2.05, 4.69) is 16.7 Å². The molecule has 0 aliphatic carbocycles. The highest BCUT2D eigenvalue weighted by Gasteiger charge is 2.09. The van der Waals surface area contributed by atoms with Gasteiger partial charge in [0.2, 0.25) is 4.96 Å². The van der Waals surface area contributed by atoms with E-state index < -0.39 is 0 Å². The van der Waals surface area contributed by atoms with Crippen LogP contribution in [0.2, 0.25) is 0 Å². The van der Waals surface area contributed by atoms with Gasteiger partial charge in [-0.05, 0) is 24.5 Å². The Labute approximate surface area is 137 Å². The van der Waals surface area contributed by atoms with Crippen LogP contribution in [0.3, 0.4) is 0 Å². The van der Waals surface area contributed by atoms with E-state index in [0.717, 1.165) is 29.2 Å². The summed E-state index contributed by atoms with van der Waals surface area (Å²) < 4.78 is 7.18. The molecule has 3 aromatic rings. The van der Waals surface area contributed by atoms with Crippen LogP contribution >= 0.6 is 11.3 Å². The van der Waals surface area contributed by atoms with Gasteiger partial charge < -0.3 is 4.74 Å². The summed E-state index contributed by atoms with van der Waals surface area (Å²) in [5, 5.41) is 5.13. The molecule has 0 saturated carbocycles. The predicted octanol–water partition coefficient (Wildman–Crippen LogP) is 3.02. The van der Waals surface area contributed by atoms with Crippen molar-refractivity contribution in [2.75, 3.05) is 0 Å². The molecule has 0 bridgehead atoms. The Bertz CT molecular complexity index is 898. The second kappa shape index (κ2) is 6.75. The number of ether oxygens (including phenoxy) is 1. The first-order chi connectivity index (χ1) is 11.2. The Hall–Kier alpha value is -2.47. The standard InChI is InChI=1S/C17H17N3O2S/c1-3-7-12-8-5-6-9-14(12)22-11-13-10-16(21)20-17(18-13)23-15(4-2)19-20/h3,5-6,8-10H,1,4,7,11H2,2H3. The maximum Gasteiger partial charge on any atom is 0.275 e. The summed E-state index contributed by atoms with van der Waals surface area (Å²) in [4.78, 5) is 17.2. The van der Waals surface area contributed by atoms with Crippen molar-refractivity contribution in [2.45, 2.75) is 26.4 Å². The highest BCUT2D eigenvalue weighted by atomic mass is 32.1. The van der Waals surface area contributed by atoms with Crippen LogP contribution in [0.1, 0.15) is 23.2 Å². The molecule has 0 radical (unpaired) electrons. The molecule has 6 heteroatoms. The number of para-hydroxylation sites is 1. The van der Waals surface area contributed by atoms with Crippen molar-refractivity contribution in [3.05, 3.63) is 69.6 Å². The van der Waals surface area contributed by atoms with Gasteiger partial charge in [-0.3, -0.25) is 4.79 Å². The summed E-state index contributed by atoms with van der Waals surface area (Å²) >= 11 is 1.43. The van der Waals surface area contributed by atoms with Gasteiger partial charge in [-0.25, -0.2) is 4.98 Å². The number of aryl methyl sites for hydroxylation is 1. The highest BCUT2D eigenvalue weighted by Crippen LogP contribution is 2.20. The van der Waals surface area contributed by atoms with Crippen LogP contribution in [0.5, 0.6) is 5.75 Å². The number of nitrogens with zero attached hydrogens (tertiary/aromatic N) is 3. The minimum atomic E-state index is -0.177. The first kappa shape index (κ1) is 15.4. The van der Waals surface area contributed by atoms with Gasteiger partial charge in [-0.2, -0.15) is 9.61 Å². The van der Waals surface area contributed by atoms with Crippen molar-refractivity contribution in [1.82, 2.24) is 14.6 Å². The number of benzene rings is 1. The van der Waals surface area contributed by atoms with Gasteiger partial charge in [-0.1, -0.05) is 42.5 Å². The molecule has 0 atom stereocenters. The van der Waals surface area contributed by atoms with Crippen LogP contribution in [0.4, 0.5) is 0 Å². The van der Waals surface area contributed by atoms with Gasteiger partial charge in [0.25, 0.3) is 5.56 Å². The monoisotopic (exact) mass is 327 g/mol. The highest BCUT2D eigenvalue weighted by molar-refractivity contribution is 7.16. The molecule has 0 N–H and O–H groups in total. The Morgan fingerprint density at radius 2 is 2.22 bits per heavy atom. The molecule has 2 heterocycles. The molecule has 2 aromatic heterocycles. The summed E-state index contributed by atoms with van der Waals surface area (Å²) in [7, 11) is 0. The lowest BCUT2D eigenvalue weighted by molar-refractivity contribution is 0.298. The molecule has 0 amide bonds. The third-order valence-electron chi connectivity index (χ3n) is 3.35. The van der Waals surface area contributed by atoms with Crippen LogP contribution in [0.25, 0.3) is 4.96 Å². The minimum absolute atomic E-state index is 0.177. The average molecular weight is 327 g/mol. The second-order valence-electron chi connectivity index (χ2n) is 5.02. The van der Waals surface area contributed by atoms with Gasteiger partial charge in [0, 0.05) is 6.07 Å². The van der Waals surface area contributed by atoms with Crippen molar-refractivity contribution < 1.29 is 4.74 Å². The van der Waals surface area contributed by atoms with Crippen LogP contribution in [-0.4, -0.2) is 14.6 Å². The molecule has 5 nitrogen and oxygen atoms in total. The van der Waals surface area contributed by atoms with Crippen LogP contribution in [0.15, 0.2) is 47.8 Å². The van der Waals surface area contributed by atoms with Gasteiger partial charge in [0.15, 0.2) is 0 Å². The van der Waals surface area contributed by atoms with Gasteiger partial charge in [0.05, 0.1) is 5.69 Å². The maximum absolute atomic E-state index is 12.1. The molecule has 0 unspecified atom stereocenters. The fourth-order valence-corrected chi connectivity index (χ4v) is 3.09. The fraction of sp³-hybridized carbons (Fsp3) is 0.235. The number of fused-ring (bicyclic) bond motifs is 1. The number of hydrogen-bond acceptors (Lipinski definition) is 5. The van der Waals surface area contributed by atoms with Crippen LogP contribution < -0.4 is 10.3 Å². The van der Waals surface area contributed by atoms with E-state index in [0.29, 0.717) is 10.7 Å². The molecule has 0 fully saturated rings. The average Bonchev–Trinajstić information content (AvgIpc) is 2.98. The van der Waals surface area contributed by atoms with Crippen LogP contribution in [0, 0.1) is 0 Å². The third kappa shape index (κ3) is 3.32. The Kier molecular flexibility index (Phi) is 4.52. The lowest BCUT2D eigenvalue weighted by Crippen LogP contribution is -2.16. The molecule has 23 heavy (non-hydrogen) atoms. The summed E-state index contributed by atoms with van der Waals surface area (Å²) in [6.45, 7) is 6.01. The van der Waals surface area contributed by atoms with Gasteiger partial charge in [0.1, 0.15) is 17.4 Å². The molecular weight excluding hydrogens is 310 g/mol. The van der Waals surface area contributed by atoms with E-state index >= 15 is 0 Å². The summed E-state index contributed by atoms with van der Waals surface area (Å²) in [5.74, 6) is 0.785. The zero-order valence-electron chi connectivity index (χ0n) is 12.9. The second-order valence-corrected chi connectivity index (χ2v) is 6.06. The lowest BCUT2D eigenvalue weighted by Gasteiger charge is -2.09. The molecule has 3 rings (SSSR count). The smallest absolute Gasteiger partial charge is 0.275 e. The first-order valence-corrected chi connectivity index (χ1v) is 8.23. The maximum atomic E-state index is 12.1. The molecule has 0 aliphatic rings.